The normalized spacial score (nSPS) is 17.1. The Bertz CT molecular complexity index is 2670. The van der Waals surface area contributed by atoms with Gasteiger partial charge in [-0.15, -0.1) is 0 Å². The summed E-state index contributed by atoms with van der Waals surface area (Å²) in [6.45, 7) is 4.09. The third-order valence-corrected chi connectivity index (χ3v) is 14.8. The molecule has 0 radical (unpaired) electrons. The minimum absolute atomic E-state index is 0.119. The summed E-state index contributed by atoms with van der Waals surface area (Å²) in [6, 6.07) is 15.2. The molecule has 0 aromatic heterocycles. The molecular weight excluding hydrogens is 1120 g/mol. The van der Waals surface area contributed by atoms with Gasteiger partial charge < -0.3 is 56.8 Å². The highest BCUT2D eigenvalue weighted by atomic mass is 19.1. The van der Waals surface area contributed by atoms with Crippen LogP contribution in [0.2, 0.25) is 0 Å². The number of carbonyl (C=O) groups excluding carboxylic acids is 4. The van der Waals surface area contributed by atoms with Crippen LogP contribution in [0.15, 0.2) is 84.9 Å². The first-order valence-electron chi connectivity index (χ1n) is 30.1. The minimum Gasteiger partial charge on any atom is -0.491 e. The van der Waals surface area contributed by atoms with Gasteiger partial charge in [0.05, 0.1) is 99.5 Å². The van der Waals surface area contributed by atoms with E-state index >= 15 is 17.6 Å². The summed E-state index contributed by atoms with van der Waals surface area (Å²) in [5, 5.41) is 0. The standard InChI is InChI=1S/C66H74F4O16/c67-51-33-43(21-25-55(51)75-29-13-5-1-9-17-47-39-79-47)63(71)83-59-37-61(85-65(73)45-23-27-57(53(69)35-45)77-31-15-7-3-11-19-49-41-81-49)62(86-66(74)46-24-28-58(54(70)36-46)78-32-16-8-4-12-20-50-42-82-50)38-60(59)84-64(72)44-22-26-56(52(68)34-44)76-30-14-6-2-10-18-48-40-80-48/h21-28,33-38,47-50H,1-20,29-32,39-42H2. The zero-order valence-electron chi connectivity index (χ0n) is 48.2. The van der Waals surface area contributed by atoms with Crippen molar-refractivity contribution in [2.45, 2.75) is 153 Å². The van der Waals surface area contributed by atoms with Gasteiger partial charge in [0, 0.05) is 12.1 Å². The molecule has 5 aromatic carbocycles. The molecule has 5 aromatic rings. The van der Waals surface area contributed by atoms with Gasteiger partial charge >= 0.3 is 23.9 Å². The number of hydrogen-bond acceptors (Lipinski definition) is 16. The lowest BCUT2D eigenvalue weighted by Crippen LogP contribution is -2.16. The predicted molar refractivity (Wildman–Crippen MR) is 305 cm³/mol. The van der Waals surface area contributed by atoms with Gasteiger partial charge in [-0.2, -0.15) is 0 Å². The van der Waals surface area contributed by atoms with E-state index in [4.69, 9.17) is 56.8 Å². The molecule has 0 N–H and O–H groups in total. The van der Waals surface area contributed by atoms with Crippen molar-refractivity contribution in [3.8, 4) is 46.0 Å². The molecule has 0 saturated carbocycles. The summed E-state index contributed by atoms with van der Waals surface area (Å²) in [5.41, 5.74) is -1.32. The Morgan fingerprint density at radius 1 is 0.302 bits per heavy atom. The zero-order chi connectivity index (χ0) is 60.0. The molecular formula is C66H74F4O16. The quantitative estimate of drug-likeness (QED) is 0.0118. The van der Waals surface area contributed by atoms with E-state index in [1.165, 1.54) is 48.5 Å². The number of ether oxygens (including phenoxy) is 12. The largest absolute Gasteiger partial charge is 0.491 e. The number of carbonyl (C=O) groups is 4. The molecule has 4 atom stereocenters. The van der Waals surface area contributed by atoms with Crippen molar-refractivity contribution >= 4 is 23.9 Å². The Balaban J connectivity index is 0.937. The molecule has 4 heterocycles. The van der Waals surface area contributed by atoms with Gasteiger partial charge in [-0.05, 0) is 124 Å². The van der Waals surface area contributed by atoms with E-state index in [1.54, 1.807) is 0 Å². The lowest BCUT2D eigenvalue weighted by molar-refractivity contribution is 0.0662. The summed E-state index contributed by atoms with van der Waals surface area (Å²) < 4.78 is 129. The summed E-state index contributed by atoms with van der Waals surface area (Å²) in [4.78, 5) is 55.9. The van der Waals surface area contributed by atoms with Crippen LogP contribution in [-0.4, -0.2) is 101 Å². The van der Waals surface area contributed by atoms with E-state index in [0.717, 1.165) is 166 Å². The number of hydrogen-bond donors (Lipinski definition) is 0. The molecule has 16 nitrogen and oxygen atoms in total. The van der Waals surface area contributed by atoms with Crippen LogP contribution in [0, 0.1) is 23.3 Å². The number of esters is 4. The van der Waals surface area contributed by atoms with E-state index in [2.05, 4.69) is 0 Å². The second-order valence-electron chi connectivity index (χ2n) is 21.9. The maximum absolute atomic E-state index is 15.6. The number of benzene rings is 5. The maximum Gasteiger partial charge on any atom is 0.343 e. The van der Waals surface area contributed by atoms with Crippen LogP contribution in [0.3, 0.4) is 0 Å². The van der Waals surface area contributed by atoms with Gasteiger partial charge in [0.2, 0.25) is 0 Å². The van der Waals surface area contributed by atoms with Gasteiger partial charge in [0.1, 0.15) is 0 Å². The molecule has 4 aliphatic rings. The first kappa shape index (κ1) is 63.2. The van der Waals surface area contributed by atoms with Crippen LogP contribution in [0.25, 0.3) is 0 Å². The molecule has 9 rings (SSSR count). The summed E-state index contributed by atoms with van der Waals surface area (Å²) >= 11 is 0. The fraction of sp³-hybridized carbons (Fsp3) is 0.485. The van der Waals surface area contributed by atoms with Crippen molar-refractivity contribution < 1.29 is 93.6 Å². The van der Waals surface area contributed by atoms with Crippen molar-refractivity contribution in [1.82, 2.24) is 0 Å². The Kier molecular flexibility index (Phi) is 23.9. The topological polar surface area (TPSA) is 192 Å². The van der Waals surface area contributed by atoms with Crippen LogP contribution in [0.4, 0.5) is 17.6 Å². The molecule has 4 unspecified atom stereocenters. The predicted octanol–water partition coefficient (Wildman–Crippen LogP) is 14.0. The van der Waals surface area contributed by atoms with E-state index in [9.17, 15) is 19.2 Å². The lowest BCUT2D eigenvalue weighted by atomic mass is 10.1. The number of unbranched alkanes of at least 4 members (excludes halogenated alkanes) is 12. The Morgan fingerprint density at radius 3 is 0.709 bits per heavy atom. The molecule has 0 spiro atoms. The highest BCUT2D eigenvalue weighted by Crippen LogP contribution is 2.42. The highest BCUT2D eigenvalue weighted by Gasteiger charge is 2.28. The van der Waals surface area contributed by atoms with Crippen LogP contribution in [-0.2, 0) is 18.9 Å². The summed E-state index contributed by atoms with van der Waals surface area (Å²) in [6.07, 6.45) is 19.4. The van der Waals surface area contributed by atoms with Crippen molar-refractivity contribution in [1.29, 1.82) is 0 Å². The molecule has 4 saturated heterocycles. The summed E-state index contributed by atoms with van der Waals surface area (Å²) in [5.74, 6) is -11.4. The van der Waals surface area contributed by atoms with Gasteiger partial charge in [-0.3, -0.25) is 0 Å². The number of halogens is 4. The van der Waals surface area contributed by atoms with Crippen molar-refractivity contribution in [3.63, 3.8) is 0 Å². The van der Waals surface area contributed by atoms with Crippen LogP contribution >= 0.6 is 0 Å². The first-order valence-corrected chi connectivity index (χ1v) is 30.1. The average Bonchev–Trinajstić information content (AvgIpc) is 3.32. The third kappa shape index (κ3) is 21.0. The molecule has 0 aliphatic carbocycles. The van der Waals surface area contributed by atoms with E-state index in [0.29, 0.717) is 50.1 Å². The van der Waals surface area contributed by atoms with E-state index < -0.39 is 70.1 Å². The van der Waals surface area contributed by atoms with Gasteiger partial charge in [-0.25, -0.2) is 36.7 Å². The second kappa shape index (κ2) is 32.5. The Hall–Kier alpha value is -7.26. The molecule has 4 fully saturated rings. The lowest BCUT2D eigenvalue weighted by Gasteiger charge is -2.17. The van der Waals surface area contributed by atoms with Crippen LogP contribution < -0.4 is 37.9 Å². The molecule has 20 heteroatoms. The zero-order valence-corrected chi connectivity index (χ0v) is 48.2. The van der Waals surface area contributed by atoms with E-state index in [-0.39, 0.29) is 71.7 Å². The maximum atomic E-state index is 15.6. The van der Waals surface area contributed by atoms with Crippen LogP contribution in [0.5, 0.6) is 46.0 Å². The number of epoxide rings is 4. The SMILES string of the molecule is O=C(Oc1cc(OC(=O)c2ccc(OCCCCCCC3CO3)c(F)c2)c(OC(=O)c2ccc(OCCCCCCC3CO3)c(F)c2)cc1OC(=O)c1ccc(OCCCCCCC2CO2)c(F)c1)c1ccc(OCCCCCCC2CO2)c(F)c1. The first-order chi connectivity index (χ1) is 41.9. The molecule has 4 aliphatic heterocycles. The van der Waals surface area contributed by atoms with E-state index in [1.807, 2.05) is 0 Å². The molecule has 0 bridgehead atoms. The Morgan fingerprint density at radius 2 is 0.512 bits per heavy atom. The van der Waals surface area contributed by atoms with Crippen molar-refractivity contribution in [2.75, 3.05) is 52.9 Å². The minimum atomic E-state index is -1.20. The highest BCUT2D eigenvalue weighted by molar-refractivity contribution is 5.96. The fourth-order valence-corrected chi connectivity index (χ4v) is 9.43. The average molecular weight is 1200 g/mol. The second-order valence-corrected chi connectivity index (χ2v) is 21.9. The van der Waals surface area contributed by atoms with Gasteiger partial charge in [0.25, 0.3) is 0 Å². The molecule has 462 valence electrons. The molecule has 86 heavy (non-hydrogen) atoms. The third-order valence-electron chi connectivity index (χ3n) is 14.8. The van der Waals surface area contributed by atoms with Gasteiger partial charge in [-0.1, -0.05) is 77.0 Å². The number of rotatable bonds is 40. The molecule has 0 amide bonds. The Labute approximate surface area is 497 Å². The fourth-order valence-electron chi connectivity index (χ4n) is 9.43. The monoisotopic (exact) mass is 1200 g/mol. The van der Waals surface area contributed by atoms with Gasteiger partial charge in [0.15, 0.2) is 69.3 Å². The van der Waals surface area contributed by atoms with Crippen molar-refractivity contribution in [2.24, 2.45) is 0 Å². The summed E-state index contributed by atoms with van der Waals surface area (Å²) in [7, 11) is 0. The van der Waals surface area contributed by atoms with Crippen LogP contribution in [0.1, 0.15) is 170 Å². The van der Waals surface area contributed by atoms with Crippen molar-refractivity contribution in [3.05, 3.63) is 130 Å². The smallest absolute Gasteiger partial charge is 0.343 e.